The van der Waals surface area contributed by atoms with Crippen LogP contribution in [-0.4, -0.2) is 54.9 Å². The Bertz CT molecular complexity index is 451. The molecule has 0 radical (unpaired) electrons. The van der Waals surface area contributed by atoms with Crippen LogP contribution in [0.25, 0.3) is 0 Å². The van der Waals surface area contributed by atoms with E-state index in [-0.39, 0.29) is 6.61 Å². The van der Waals surface area contributed by atoms with Crippen LogP contribution in [0.3, 0.4) is 0 Å². The van der Waals surface area contributed by atoms with Gasteiger partial charge in [-0.15, -0.1) is 0 Å². The maximum Gasteiger partial charge on any atom is 0.164 e. The number of alkyl halides is 1. The van der Waals surface area contributed by atoms with E-state index >= 15 is 0 Å². The molecular weight excluding hydrogens is 380 g/mol. The summed E-state index contributed by atoms with van der Waals surface area (Å²) in [7, 11) is 0. The summed E-state index contributed by atoms with van der Waals surface area (Å²) in [5, 5.41) is 17.7. The quantitative estimate of drug-likeness (QED) is 0.333. The predicted molar refractivity (Wildman–Crippen MR) is 96.9 cm³/mol. The molecule has 0 saturated carbocycles. The summed E-state index contributed by atoms with van der Waals surface area (Å²) in [5.74, 6) is 1.52. The van der Waals surface area contributed by atoms with Gasteiger partial charge in [-0.2, -0.15) is 0 Å². The Hall–Kier alpha value is -1.31. The Morgan fingerprint density at radius 2 is 1.54 bits per heavy atom. The Balaban J connectivity index is 0.000000922. The normalized spacial score (nSPS) is 9.71. The summed E-state index contributed by atoms with van der Waals surface area (Å²) in [6, 6.07) is 3.26. The monoisotopic (exact) mass is 406 g/mol. The molecule has 0 atom stereocenters. The Labute approximate surface area is 151 Å². The predicted octanol–water partition coefficient (Wildman–Crippen LogP) is 2.82. The molecule has 0 amide bonds. The molecule has 1 aromatic carbocycles. The molecule has 0 saturated heterocycles. The minimum Gasteiger partial charge on any atom is -0.493 e. The molecule has 2 N–H and O–H groups in total. The second-order valence-corrected chi connectivity index (χ2v) is 5.31. The van der Waals surface area contributed by atoms with Gasteiger partial charge < -0.3 is 24.4 Å². The van der Waals surface area contributed by atoms with E-state index in [1.165, 1.54) is 0 Å². The van der Waals surface area contributed by atoms with Crippen LogP contribution in [0.15, 0.2) is 12.1 Å². The van der Waals surface area contributed by atoms with Crippen molar-refractivity contribution in [3.63, 3.8) is 0 Å². The van der Waals surface area contributed by atoms with E-state index in [9.17, 15) is 4.79 Å². The van der Waals surface area contributed by atoms with Gasteiger partial charge in [-0.1, -0.05) is 15.9 Å². The van der Waals surface area contributed by atoms with Gasteiger partial charge in [0.25, 0.3) is 0 Å². The first-order valence-corrected chi connectivity index (χ1v) is 9.09. The summed E-state index contributed by atoms with van der Waals surface area (Å²) in [5.41, 5.74) is 0.407. The van der Waals surface area contributed by atoms with Gasteiger partial charge in [0.15, 0.2) is 17.8 Å². The lowest BCUT2D eigenvalue weighted by atomic mass is 10.2. The van der Waals surface area contributed by atoms with Crippen molar-refractivity contribution in [2.75, 3.05) is 38.4 Å². The van der Waals surface area contributed by atoms with Crippen molar-refractivity contribution in [1.29, 1.82) is 0 Å². The third-order valence-electron chi connectivity index (χ3n) is 2.65. The van der Waals surface area contributed by atoms with Gasteiger partial charge in [0.1, 0.15) is 5.75 Å². The summed E-state index contributed by atoms with van der Waals surface area (Å²) in [6.45, 7) is 5.41. The molecule has 0 heterocycles. The van der Waals surface area contributed by atoms with E-state index in [4.69, 9.17) is 24.4 Å². The van der Waals surface area contributed by atoms with Crippen molar-refractivity contribution < 1.29 is 29.2 Å². The SMILES string of the molecule is CCOc1cc(C=O)c(OCCCO)cc1OCC.OCCCBr. The summed E-state index contributed by atoms with van der Waals surface area (Å²) >= 11 is 3.15. The maximum atomic E-state index is 11.1. The average Bonchev–Trinajstić information content (AvgIpc) is 2.58. The van der Waals surface area contributed by atoms with Gasteiger partial charge in [-0.25, -0.2) is 0 Å². The van der Waals surface area contributed by atoms with Crippen molar-refractivity contribution in [3.05, 3.63) is 17.7 Å². The zero-order valence-electron chi connectivity index (χ0n) is 14.3. The number of aldehydes is 1. The smallest absolute Gasteiger partial charge is 0.164 e. The fourth-order valence-corrected chi connectivity index (χ4v) is 1.87. The summed E-state index contributed by atoms with van der Waals surface area (Å²) in [6.07, 6.45) is 2.09. The second-order valence-electron chi connectivity index (χ2n) is 4.51. The molecule has 0 aliphatic rings. The van der Waals surface area contributed by atoms with Gasteiger partial charge >= 0.3 is 0 Å². The van der Waals surface area contributed by atoms with E-state index in [1.54, 1.807) is 12.1 Å². The maximum absolute atomic E-state index is 11.1. The lowest BCUT2D eigenvalue weighted by molar-refractivity contribution is 0.111. The number of rotatable bonds is 11. The van der Waals surface area contributed by atoms with Crippen LogP contribution in [0.2, 0.25) is 0 Å². The van der Waals surface area contributed by atoms with E-state index in [0.717, 1.165) is 11.8 Å². The molecule has 0 bridgehead atoms. The highest BCUT2D eigenvalue weighted by Gasteiger charge is 2.12. The van der Waals surface area contributed by atoms with Crippen molar-refractivity contribution in [2.24, 2.45) is 0 Å². The molecule has 6 nitrogen and oxygen atoms in total. The molecule has 0 unspecified atom stereocenters. The van der Waals surface area contributed by atoms with Gasteiger partial charge in [0.2, 0.25) is 0 Å². The highest BCUT2D eigenvalue weighted by Crippen LogP contribution is 2.34. The average molecular weight is 407 g/mol. The van der Waals surface area contributed by atoms with E-state index < -0.39 is 0 Å². The highest BCUT2D eigenvalue weighted by molar-refractivity contribution is 9.09. The van der Waals surface area contributed by atoms with Crippen LogP contribution in [0.4, 0.5) is 0 Å². The Kier molecular flexibility index (Phi) is 14.4. The Morgan fingerprint density at radius 1 is 0.958 bits per heavy atom. The fraction of sp³-hybridized carbons (Fsp3) is 0.588. The van der Waals surface area contributed by atoms with Crippen LogP contribution in [-0.2, 0) is 0 Å². The lowest BCUT2D eigenvalue weighted by Crippen LogP contribution is -2.04. The minimum absolute atomic E-state index is 0.0474. The van der Waals surface area contributed by atoms with Gasteiger partial charge in [-0.3, -0.25) is 4.79 Å². The van der Waals surface area contributed by atoms with Crippen LogP contribution in [0, 0.1) is 0 Å². The van der Waals surface area contributed by atoms with Crippen molar-refractivity contribution in [1.82, 2.24) is 0 Å². The fourth-order valence-electron chi connectivity index (χ4n) is 1.62. The molecule has 0 aromatic heterocycles. The lowest BCUT2D eigenvalue weighted by Gasteiger charge is -2.14. The molecule has 24 heavy (non-hydrogen) atoms. The molecule has 0 aliphatic carbocycles. The largest absolute Gasteiger partial charge is 0.493 e. The van der Waals surface area contributed by atoms with Crippen molar-refractivity contribution in [3.8, 4) is 17.2 Å². The number of hydrogen-bond donors (Lipinski definition) is 2. The van der Waals surface area contributed by atoms with Crippen LogP contribution < -0.4 is 14.2 Å². The van der Waals surface area contributed by atoms with Gasteiger partial charge in [-0.05, 0) is 26.3 Å². The summed E-state index contributed by atoms with van der Waals surface area (Å²) in [4.78, 5) is 11.1. The molecular formula is C17H27BrO6. The third-order valence-corrected chi connectivity index (χ3v) is 3.22. The summed E-state index contributed by atoms with van der Waals surface area (Å²) < 4.78 is 16.4. The first kappa shape index (κ1) is 22.7. The Morgan fingerprint density at radius 3 is 1.96 bits per heavy atom. The van der Waals surface area contributed by atoms with Crippen molar-refractivity contribution >= 4 is 22.2 Å². The zero-order valence-corrected chi connectivity index (χ0v) is 15.9. The first-order chi connectivity index (χ1) is 11.7. The zero-order chi connectivity index (χ0) is 18.2. The van der Waals surface area contributed by atoms with Crippen LogP contribution >= 0.6 is 15.9 Å². The number of aliphatic hydroxyl groups is 2. The van der Waals surface area contributed by atoms with Crippen LogP contribution in [0.5, 0.6) is 17.2 Å². The minimum atomic E-state index is 0.0474. The van der Waals surface area contributed by atoms with E-state index in [2.05, 4.69) is 15.9 Å². The van der Waals surface area contributed by atoms with Crippen LogP contribution in [0.1, 0.15) is 37.0 Å². The number of hydrogen-bond acceptors (Lipinski definition) is 6. The van der Waals surface area contributed by atoms with E-state index in [0.29, 0.717) is 61.9 Å². The number of aliphatic hydroxyl groups excluding tert-OH is 2. The molecule has 0 aliphatic heterocycles. The molecule has 138 valence electrons. The van der Waals surface area contributed by atoms with Crippen molar-refractivity contribution in [2.45, 2.75) is 26.7 Å². The van der Waals surface area contributed by atoms with Gasteiger partial charge in [0.05, 0.1) is 25.4 Å². The third kappa shape index (κ3) is 9.10. The molecule has 1 rings (SSSR count). The topological polar surface area (TPSA) is 85.2 Å². The number of carbonyl (C=O) groups excluding carboxylic acids is 1. The number of halogens is 1. The number of ether oxygens (including phenoxy) is 3. The second kappa shape index (κ2) is 15.2. The number of carbonyl (C=O) groups is 1. The molecule has 0 spiro atoms. The standard InChI is InChI=1S/C14H20O5.C3H7BrO/c1-3-17-13-8-11(10-16)12(19-7-5-6-15)9-14(13)18-4-2;4-2-1-3-5/h8-10,15H,3-7H2,1-2H3;5H,1-3H2. The van der Waals surface area contributed by atoms with Gasteiger partial charge in [0, 0.05) is 31.0 Å². The van der Waals surface area contributed by atoms with E-state index in [1.807, 2.05) is 13.8 Å². The molecule has 1 aromatic rings. The molecule has 0 fully saturated rings. The molecule has 7 heteroatoms. The first-order valence-electron chi connectivity index (χ1n) is 7.97. The number of benzene rings is 1. The highest BCUT2D eigenvalue weighted by atomic mass is 79.9.